The molecule has 0 unspecified atom stereocenters. The van der Waals surface area contributed by atoms with Crippen molar-refractivity contribution in [2.24, 2.45) is 0 Å². The number of hydrogen-bond acceptors (Lipinski definition) is 2. The molecule has 1 heterocycles. The normalized spacial score (nSPS) is 16.1. The molecule has 1 aliphatic rings. The summed E-state index contributed by atoms with van der Waals surface area (Å²) < 4.78 is 0. The SMILES string of the molecule is C=Cc1cc(Cl)nc(C2CC2)n1. The Balaban J connectivity index is 2.40. The second-order valence-electron chi connectivity index (χ2n) is 2.95. The van der Waals surface area contributed by atoms with Crippen LogP contribution < -0.4 is 0 Å². The Labute approximate surface area is 76.3 Å². The van der Waals surface area contributed by atoms with Crippen molar-refractivity contribution >= 4 is 17.7 Å². The molecule has 1 fully saturated rings. The van der Waals surface area contributed by atoms with Gasteiger partial charge in [0.15, 0.2) is 0 Å². The van der Waals surface area contributed by atoms with Gasteiger partial charge in [-0.2, -0.15) is 0 Å². The van der Waals surface area contributed by atoms with E-state index in [0.29, 0.717) is 11.1 Å². The van der Waals surface area contributed by atoms with E-state index in [4.69, 9.17) is 11.6 Å². The highest BCUT2D eigenvalue weighted by Crippen LogP contribution is 2.38. The Morgan fingerprint density at radius 3 is 2.83 bits per heavy atom. The van der Waals surface area contributed by atoms with E-state index in [9.17, 15) is 0 Å². The zero-order valence-electron chi connectivity index (χ0n) is 6.63. The van der Waals surface area contributed by atoms with E-state index in [0.717, 1.165) is 11.5 Å². The molecule has 0 bridgehead atoms. The van der Waals surface area contributed by atoms with Crippen molar-refractivity contribution in [3.8, 4) is 0 Å². The summed E-state index contributed by atoms with van der Waals surface area (Å²) in [6.07, 6.45) is 4.08. The first-order chi connectivity index (χ1) is 5.79. The van der Waals surface area contributed by atoms with Gasteiger partial charge in [0.2, 0.25) is 0 Å². The molecule has 12 heavy (non-hydrogen) atoms. The van der Waals surface area contributed by atoms with Crippen LogP contribution in [0.15, 0.2) is 12.6 Å². The molecule has 0 spiro atoms. The highest BCUT2D eigenvalue weighted by molar-refractivity contribution is 6.29. The van der Waals surface area contributed by atoms with Crippen molar-refractivity contribution in [2.75, 3.05) is 0 Å². The molecule has 0 atom stereocenters. The predicted molar refractivity (Wildman–Crippen MR) is 49.1 cm³/mol. The fourth-order valence-corrected chi connectivity index (χ4v) is 1.28. The summed E-state index contributed by atoms with van der Waals surface area (Å²) in [6, 6.07) is 1.72. The van der Waals surface area contributed by atoms with Crippen molar-refractivity contribution in [1.29, 1.82) is 0 Å². The Morgan fingerprint density at radius 2 is 2.25 bits per heavy atom. The summed E-state index contributed by atoms with van der Waals surface area (Å²) in [5.41, 5.74) is 0.817. The minimum absolute atomic E-state index is 0.516. The first kappa shape index (κ1) is 7.74. The maximum Gasteiger partial charge on any atom is 0.133 e. The van der Waals surface area contributed by atoms with Crippen molar-refractivity contribution in [3.63, 3.8) is 0 Å². The number of halogens is 1. The summed E-state index contributed by atoms with van der Waals surface area (Å²) in [6.45, 7) is 3.64. The van der Waals surface area contributed by atoms with Gasteiger partial charge in [-0.3, -0.25) is 0 Å². The molecule has 1 aliphatic carbocycles. The van der Waals surface area contributed by atoms with Gasteiger partial charge >= 0.3 is 0 Å². The van der Waals surface area contributed by atoms with Crippen LogP contribution in [0.5, 0.6) is 0 Å². The molecule has 62 valence electrons. The lowest BCUT2D eigenvalue weighted by molar-refractivity contribution is 0.922. The van der Waals surface area contributed by atoms with E-state index in [2.05, 4.69) is 16.5 Å². The molecule has 0 amide bonds. The van der Waals surface area contributed by atoms with E-state index in [1.165, 1.54) is 12.8 Å². The Hall–Kier alpha value is -0.890. The van der Waals surface area contributed by atoms with E-state index >= 15 is 0 Å². The van der Waals surface area contributed by atoms with Crippen LogP contribution in [0.4, 0.5) is 0 Å². The van der Waals surface area contributed by atoms with Crippen molar-refractivity contribution < 1.29 is 0 Å². The van der Waals surface area contributed by atoms with Gasteiger partial charge in [0, 0.05) is 12.0 Å². The van der Waals surface area contributed by atoms with Crippen LogP contribution in [-0.4, -0.2) is 9.97 Å². The Bertz CT molecular complexity index is 318. The van der Waals surface area contributed by atoms with Gasteiger partial charge in [0.25, 0.3) is 0 Å². The average molecular weight is 181 g/mol. The van der Waals surface area contributed by atoms with Crippen LogP contribution in [0, 0.1) is 0 Å². The second-order valence-corrected chi connectivity index (χ2v) is 3.34. The molecule has 0 saturated heterocycles. The topological polar surface area (TPSA) is 25.8 Å². The monoisotopic (exact) mass is 180 g/mol. The largest absolute Gasteiger partial charge is 0.233 e. The third-order valence-corrected chi connectivity index (χ3v) is 2.08. The standard InChI is InChI=1S/C9H9ClN2/c1-2-7-5-8(10)12-9(11-7)6-3-4-6/h2,5-6H,1,3-4H2. The fourth-order valence-electron chi connectivity index (χ4n) is 1.08. The van der Waals surface area contributed by atoms with E-state index in [1.54, 1.807) is 12.1 Å². The molecule has 2 nitrogen and oxygen atoms in total. The minimum atomic E-state index is 0.516. The average Bonchev–Trinajstić information content (AvgIpc) is 2.85. The number of rotatable bonds is 2. The second kappa shape index (κ2) is 2.87. The quantitative estimate of drug-likeness (QED) is 0.654. The van der Waals surface area contributed by atoms with Crippen molar-refractivity contribution in [3.05, 3.63) is 29.3 Å². The summed E-state index contributed by atoms with van der Waals surface area (Å²) in [5, 5.41) is 0.516. The molecule has 2 rings (SSSR count). The maximum absolute atomic E-state index is 5.80. The van der Waals surface area contributed by atoms with Gasteiger partial charge in [0.1, 0.15) is 11.0 Å². The number of hydrogen-bond donors (Lipinski definition) is 0. The van der Waals surface area contributed by atoms with Crippen LogP contribution in [-0.2, 0) is 0 Å². The summed E-state index contributed by atoms with van der Waals surface area (Å²) in [5.74, 6) is 1.42. The molecule has 0 aromatic carbocycles. The molecule has 0 aliphatic heterocycles. The molecular formula is C9H9ClN2. The van der Waals surface area contributed by atoms with Crippen LogP contribution >= 0.6 is 11.6 Å². The molecule has 3 heteroatoms. The summed E-state index contributed by atoms with van der Waals surface area (Å²) >= 11 is 5.80. The van der Waals surface area contributed by atoms with Gasteiger partial charge in [-0.1, -0.05) is 18.2 Å². The number of nitrogens with zero attached hydrogens (tertiary/aromatic N) is 2. The molecule has 0 radical (unpaired) electrons. The lowest BCUT2D eigenvalue weighted by Gasteiger charge is -1.98. The van der Waals surface area contributed by atoms with E-state index in [1.807, 2.05) is 0 Å². The predicted octanol–water partition coefficient (Wildman–Crippen LogP) is 2.65. The summed E-state index contributed by atoms with van der Waals surface area (Å²) in [7, 11) is 0. The molecule has 0 N–H and O–H groups in total. The highest BCUT2D eigenvalue weighted by atomic mass is 35.5. The first-order valence-corrected chi connectivity index (χ1v) is 4.34. The van der Waals surface area contributed by atoms with Gasteiger partial charge in [-0.25, -0.2) is 9.97 Å². The van der Waals surface area contributed by atoms with Gasteiger partial charge in [0.05, 0.1) is 5.69 Å². The van der Waals surface area contributed by atoms with Gasteiger partial charge in [-0.15, -0.1) is 0 Å². The third kappa shape index (κ3) is 1.48. The fraction of sp³-hybridized carbons (Fsp3) is 0.333. The summed E-state index contributed by atoms with van der Waals surface area (Å²) in [4.78, 5) is 8.45. The maximum atomic E-state index is 5.80. The van der Waals surface area contributed by atoms with Gasteiger partial charge < -0.3 is 0 Å². The highest BCUT2D eigenvalue weighted by Gasteiger charge is 2.26. The third-order valence-electron chi connectivity index (χ3n) is 1.88. The minimum Gasteiger partial charge on any atom is -0.233 e. The van der Waals surface area contributed by atoms with Crippen LogP contribution in [0.3, 0.4) is 0 Å². The zero-order chi connectivity index (χ0) is 8.55. The molecule has 1 aromatic rings. The van der Waals surface area contributed by atoms with Crippen molar-refractivity contribution in [2.45, 2.75) is 18.8 Å². The first-order valence-electron chi connectivity index (χ1n) is 3.96. The van der Waals surface area contributed by atoms with Crippen LogP contribution in [0.1, 0.15) is 30.3 Å². The van der Waals surface area contributed by atoms with E-state index < -0.39 is 0 Å². The Morgan fingerprint density at radius 1 is 1.50 bits per heavy atom. The van der Waals surface area contributed by atoms with Crippen LogP contribution in [0.25, 0.3) is 6.08 Å². The Kier molecular flexibility index (Phi) is 1.85. The smallest absolute Gasteiger partial charge is 0.133 e. The molecule has 1 aromatic heterocycles. The van der Waals surface area contributed by atoms with E-state index in [-0.39, 0.29) is 0 Å². The van der Waals surface area contributed by atoms with Gasteiger partial charge in [-0.05, 0) is 18.9 Å². The zero-order valence-corrected chi connectivity index (χ0v) is 7.38. The van der Waals surface area contributed by atoms with Crippen LogP contribution in [0.2, 0.25) is 5.15 Å². The molecule has 1 saturated carbocycles. The molecular weight excluding hydrogens is 172 g/mol. The number of aromatic nitrogens is 2. The lowest BCUT2D eigenvalue weighted by atomic mass is 10.3. The lowest BCUT2D eigenvalue weighted by Crippen LogP contribution is -1.94. The van der Waals surface area contributed by atoms with Crippen molar-refractivity contribution in [1.82, 2.24) is 9.97 Å².